The zero-order valence-electron chi connectivity index (χ0n) is 37.5. The molecule has 0 bridgehead atoms. The van der Waals surface area contributed by atoms with Crippen LogP contribution in [0.4, 0.5) is 11.4 Å². The zero-order valence-corrected chi connectivity index (χ0v) is 37.5. The van der Waals surface area contributed by atoms with Gasteiger partial charge < -0.3 is 34.5 Å². The molecule has 2 N–H and O–H groups in total. The highest BCUT2D eigenvalue weighted by Gasteiger charge is 2.23. The molecular weight excluding hydrogens is 815 g/mol. The highest BCUT2D eigenvalue weighted by atomic mass is 16.5. The maximum Gasteiger partial charge on any atom is 0.289 e. The van der Waals surface area contributed by atoms with Gasteiger partial charge in [-0.3, -0.25) is 14.8 Å². The number of nitrogens with zero attached hydrogens (tertiary/aromatic N) is 9. The molecule has 10 rings (SSSR count). The first-order valence-corrected chi connectivity index (χ1v) is 22.3. The highest BCUT2D eigenvalue weighted by molar-refractivity contribution is 5.91. The fraction of sp³-hybridized carbons (Fsp3) is 0.314. The summed E-state index contributed by atoms with van der Waals surface area (Å²) in [5.41, 5.74) is 15.0. The molecular formula is C51H55N11O3. The monoisotopic (exact) mass is 869 g/mol. The van der Waals surface area contributed by atoms with Crippen LogP contribution in [0.1, 0.15) is 92.7 Å². The average Bonchev–Trinajstić information content (AvgIpc) is 4.11. The third-order valence-electron chi connectivity index (χ3n) is 12.3. The van der Waals surface area contributed by atoms with Crippen molar-refractivity contribution in [1.29, 1.82) is 0 Å². The Morgan fingerprint density at radius 3 is 1.63 bits per heavy atom. The molecule has 2 fully saturated rings. The smallest absolute Gasteiger partial charge is 0.289 e. The van der Waals surface area contributed by atoms with E-state index in [2.05, 4.69) is 114 Å². The Labute approximate surface area is 380 Å². The maximum absolute atomic E-state index is 12.6. The average molecular weight is 870 g/mol. The van der Waals surface area contributed by atoms with E-state index in [-0.39, 0.29) is 23.8 Å². The molecule has 5 aromatic heterocycles. The molecule has 1 aromatic carbocycles. The predicted octanol–water partition coefficient (Wildman–Crippen LogP) is 6.85. The second kappa shape index (κ2) is 19.4. The quantitative estimate of drug-likeness (QED) is 0.140. The van der Waals surface area contributed by atoms with Crippen molar-refractivity contribution in [3.05, 3.63) is 173 Å². The molecule has 2 aliphatic heterocycles. The minimum Gasteiger partial charge on any atom is -0.378 e. The molecule has 14 heteroatoms. The summed E-state index contributed by atoms with van der Waals surface area (Å²) in [4.78, 5) is 44.5. The number of anilines is 2. The summed E-state index contributed by atoms with van der Waals surface area (Å²) in [7, 11) is 1.95. The van der Waals surface area contributed by atoms with Gasteiger partial charge in [0.05, 0.1) is 73.3 Å². The number of aromatic nitrogens is 7. The van der Waals surface area contributed by atoms with Crippen molar-refractivity contribution in [2.75, 3.05) is 62.4 Å². The van der Waals surface area contributed by atoms with E-state index in [1.54, 1.807) is 12.4 Å². The van der Waals surface area contributed by atoms with Crippen molar-refractivity contribution in [2.24, 2.45) is 7.05 Å². The van der Waals surface area contributed by atoms with Crippen LogP contribution in [0.3, 0.4) is 0 Å². The number of ether oxygens (including phenoxy) is 2. The predicted molar refractivity (Wildman–Crippen MR) is 253 cm³/mol. The first-order chi connectivity index (χ1) is 31.7. The number of hydrogen-bond acceptors (Lipinski definition) is 12. The Morgan fingerprint density at radius 2 is 1.14 bits per heavy atom. The summed E-state index contributed by atoms with van der Waals surface area (Å²) in [6, 6.07) is 14.9. The fourth-order valence-electron chi connectivity index (χ4n) is 8.51. The summed E-state index contributed by atoms with van der Waals surface area (Å²) in [6.45, 7) is 16.8. The van der Waals surface area contributed by atoms with E-state index in [0.717, 1.165) is 122 Å². The summed E-state index contributed by atoms with van der Waals surface area (Å²) < 4.78 is 12.9. The zero-order chi connectivity index (χ0) is 44.9. The number of amides is 1. The van der Waals surface area contributed by atoms with Crippen LogP contribution in [0, 0.1) is 6.92 Å². The number of pyridine rings is 2. The molecule has 65 heavy (non-hydrogen) atoms. The van der Waals surface area contributed by atoms with Crippen LogP contribution in [-0.2, 0) is 29.4 Å². The first kappa shape index (κ1) is 43.2. The highest BCUT2D eigenvalue weighted by Crippen LogP contribution is 2.35. The van der Waals surface area contributed by atoms with Crippen LogP contribution in [-0.4, -0.2) is 93.0 Å². The van der Waals surface area contributed by atoms with Gasteiger partial charge in [-0.15, -0.1) is 0 Å². The lowest BCUT2D eigenvalue weighted by atomic mass is 10.0. The summed E-state index contributed by atoms with van der Waals surface area (Å²) >= 11 is 0. The SMILES string of the molecule is C=C(N[C@H](C)c1ccc(C)cc1)c1ncc(C2=CCc3ncc(N4CCOCC4)cc32)cn1.CC(NC(=O)c1ncc(C2=CCc3ncc(N4CCOCC4)cc32)cn1)c1ccn(C)c1. The van der Waals surface area contributed by atoms with Gasteiger partial charge in [0, 0.05) is 112 Å². The van der Waals surface area contributed by atoms with Crippen molar-refractivity contribution in [3.8, 4) is 0 Å². The fourth-order valence-corrected chi connectivity index (χ4v) is 8.51. The molecule has 332 valence electrons. The molecule has 0 spiro atoms. The van der Waals surface area contributed by atoms with E-state index in [1.165, 1.54) is 16.7 Å². The van der Waals surface area contributed by atoms with E-state index >= 15 is 0 Å². The number of allylic oxidation sites excluding steroid dienone is 2. The third kappa shape index (κ3) is 9.88. The Morgan fingerprint density at radius 1 is 0.646 bits per heavy atom. The van der Waals surface area contributed by atoms with Gasteiger partial charge in [0.25, 0.3) is 5.91 Å². The summed E-state index contributed by atoms with van der Waals surface area (Å²) in [6.07, 6.45) is 21.0. The van der Waals surface area contributed by atoms with Crippen LogP contribution < -0.4 is 20.4 Å². The third-order valence-corrected chi connectivity index (χ3v) is 12.3. The van der Waals surface area contributed by atoms with Gasteiger partial charge in [0.15, 0.2) is 5.82 Å². The molecule has 0 radical (unpaired) electrons. The van der Waals surface area contributed by atoms with Gasteiger partial charge >= 0.3 is 0 Å². The van der Waals surface area contributed by atoms with Crippen molar-refractivity contribution < 1.29 is 14.3 Å². The number of fused-ring (bicyclic) bond motifs is 2. The first-order valence-electron chi connectivity index (χ1n) is 22.3. The van der Waals surface area contributed by atoms with E-state index in [4.69, 9.17) is 14.5 Å². The Bertz CT molecular complexity index is 2720. The Balaban J connectivity index is 0.000000164. The van der Waals surface area contributed by atoms with Crippen LogP contribution in [0.15, 0.2) is 111 Å². The topological polar surface area (TPSA) is 148 Å². The van der Waals surface area contributed by atoms with E-state index in [9.17, 15) is 4.79 Å². The van der Waals surface area contributed by atoms with Gasteiger partial charge in [-0.1, -0.05) is 48.6 Å². The number of carbonyl (C=O) groups is 1. The minimum absolute atomic E-state index is 0.121. The number of rotatable bonds is 11. The van der Waals surface area contributed by atoms with Crippen molar-refractivity contribution in [3.63, 3.8) is 0 Å². The molecule has 2 atom stereocenters. The number of hydrogen-bond donors (Lipinski definition) is 2. The standard InChI is InChI=1S/C27H29N5O.C24H26N6O2/c1-18-4-6-21(7-5-18)19(2)31-20(3)27-29-15-22(16-30-27)24-8-9-26-25(24)14-23(17-28-26)32-10-12-33-13-11-32;1-16(17-5-6-29(2)15-17)28-24(31)23-26-12-18(13-27-23)20-3-4-22-21(20)11-19(14-25-22)30-7-9-32-10-8-30/h4-8,14-17,19,31H,3,9-13H2,1-2H3;3,5-6,11-16H,4,7-10H2,1-2H3,(H,28,31)/t19-;/m1./s1. The van der Waals surface area contributed by atoms with Crippen molar-refractivity contribution in [2.45, 2.75) is 45.7 Å². The molecule has 4 aliphatic rings. The Kier molecular flexibility index (Phi) is 12.9. The molecule has 1 amide bonds. The largest absolute Gasteiger partial charge is 0.378 e. The summed E-state index contributed by atoms with van der Waals surface area (Å²) in [5, 5.41) is 6.38. The van der Waals surface area contributed by atoms with Gasteiger partial charge in [-0.05, 0) is 61.2 Å². The van der Waals surface area contributed by atoms with E-state index < -0.39 is 0 Å². The van der Waals surface area contributed by atoms with Gasteiger partial charge in [0.1, 0.15) is 0 Å². The molecule has 2 saturated heterocycles. The van der Waals surface area contributed by atoms with Crippen LogP contribution in [0.2, 0.25) is 0 Å². The number of morpholine rings is 2. The van der Waals surface area contributed by atoms with E-state index in [1.807, 2.05) is 61.8 Å². The normalized spacial score (nSPS) is 16.3. The molecule has 1 unspecified atom stereocenters. The van der Waals surface area contributed by atoms with Gasteiger partial charge in [0.2, 0.25) is 5.82 Å². The van der Waals surface area contributed by atoms with Crippen LogP contribution >= 0.6 is 0 Å². The maximum atomic E-state index is 12.6. The van der Waals surface area contributed by atoms with E-state index in [0.29, 0.717) is 11.5 Å². The minimum atomic E-state index is -0.287. The lowest BCUT2D eigenvalue weighted by molar-refractivity contribution is 0.0929. The molecule has 7 heterocycles. The van der Waals surface area contributed by atoms with Gasteiger partial charge in [-0.25, -0.2) is 19.9 Å². The molecule has 6 aromatic rings. The molecule has 2 aliphatic carbocycles. The number of benzene rings is 1. The number of nitrogens with one attached hydrogen (secondary N) is 2. The second-order valence-corrected chi connectivity index (χ2v) is 16.9. The van der Waals surface area contributed by atoms with Crippen LogP contribution in [0.25, 0.3) is 16.8 Å². The molecule has 0 saturated carbocycles. The van der Waals surface area contributed by atoms with Gasteiger partial charge in [-0.2, -0.15) is 0 Å². The number of aryl methyl sites for hydroxylation is 2. The van der Waals surface area contributed by atoms with Crippen molar-refractivity contribution >= 4 is 34.1 Å². The second-order valence-electron chi connectivity index (χ2n) is 16.9. The lowest BCUT2D eigenvalue weighted by Crippen LogP contribution is -2.36. The van der Waals surface area contributed by atoms with Crippen LogP contribution in [0.5, 0.6) is 0 Å². The number of carbonyl (C=O) groups excluding carboxylic acids is 1. The van der Waals surface area contributed by atoms with Crippen molar-refractivity contribution in [1.82, 2.24) is 45.1 Å². The lowest BCUT2D eigenvalue weighted by Gasteiger charge is -2.29. The Hall–Kier alpha value is -7.03. The summed E-state index contributed by atoms with van der Waals surface area (Å²) in [5.74, 6) is 0.484. The molecule has 14 nitrogen and oxygen atoms in total.